The van der Waals surface area contributed by atoms with Crippen molar-refractivity contribution < 1.29 is 9.90 Å². The van der Waals surface area contributed by atoms with Gasteiger partial charge < -0.3 is 15.7 Å². The van der Waals surface area contributed by atoms with E-state index in [0.29, 0.717) is 22.9 Å². The molecule has 1 atom stereocenters. The van der Waals surface area contributed by atoms with Crippen LogP contribution >= 0.6 is 15.9 Å². The predicted molar refractivity (Wildman–Crippen MR) is 131 cm³/mol. The smallest absolute Gasteiger partial charge is 0.247 e. The van der Waals surface area contributed by atoms with Crippen LogP contribution in [0.25, 0.3) is 10.8 Å². The Morgan fingerprint density at radius 1 is 0.906 bits per heavy atom. The van der Waals surface area contributed by atoms with E-state index in [1.807, 2.05) is 48.5 Å². The fourth-order valence-corrected chi connectivity index (χ4v) is 3.94. The van der Waals surface area contributed by atoms with Crippen LogP contribution in [0.1, 0.15) is 5.56 Å². The van der Waals surface area contributed by atoms with Crippen LogP contribution in [0.4, 0.5) is 17.1 Å². The van der Waals surface area contributed by atoms with Crippen LogP contribution < -0.4 is 10.6 Å². The number of rotatable bonds is 7. The zero-order valence-electron chi connectivity index (χ0n) is 17.0. The highest BCUT2D eigenvalue weighted by molar-refractivity contribution is 9.10. The Kier molecular flexibility index (Phi) is 6.47. The normalized spacial score (nSPS) is 11.7. The van der Waals surface area contributed by atoms with Crippen LogP contribution in [0.15, 0.2) is 94.6 Å². The van der Waals surface area contributed by atoms with Crippen molar-refractivity contribution in [2.75, 3.05) is 10.6 Å². The molecular formula is C25H20BrN3O3. The van der Waals surface area contributed by atoms with Crippen LogP contribution in [0.5, 0.6) is 5.75 Å². The highest BCUT2D eigenvalue weighted by Crippen LogP contribution is 2.39. The first-order valence-electron chi connectivity index (χ1n) is 10.0. The minimum absolute atomic E-state index is 0.0419. The van der Waals surface area contributed by atoms with E-state index in [1.165, 1.54) is 6.07 Å². The van der Waals surface area contributed by atoms with Crippen molar-refractivity contribution in [3.63, 3.8) is 0 Å². The lowest BCUT2D eigenvalue weighted by molar-refractivity contribution is -0.116. The summed E-state index contributed by atoms with van der Waals surface area (Å²) in [5, 5.41) is 21.0. The highest BCUT2D eigenvalue weighted by Gasteiger charge is 2.22. The second-order valence-electron chi connectivity index (χ2n) is 7.28. The molecule has 0 aliphatic carbocycles. The van der Waals surface area contributed by atoms with E-state index in [1.54, 1.807) is 30.3 Å². The maximum Gasteiger partial charge on any atom is 0.247 e. The van der Waals surface area contributed by atoms with E-state index >= 15 is 0 Å². The topological polar surface area (TPSA) is 90.8 Å². The van der Waals surface area contributed by atoms with Gasteiger partial charge in [-0.2, -0.15) is 0 Å². The van der Waals surface area contributed by atoms with Crippen molar-refractivity contribution >= 4 is 49.7 Å². The summed E-state index contributed by atoms with van der Waals surface area (Å²) < 4.78 is 0.757. The quantitative estimate of drug-likeness (QED) is 0.208. The minimum atomic E-state index is -0.726. The first kappa shape index (κ1) is 21.5. The number of aromatic hydroxyl groups is 1. The van der Waals surface area contributed by atoms with Crippen molar-refractivity contribution in [2.45, 2.75) is 12.5 Å². The Labute approximate surface area is 193 Å². The number of phenols is 1. The Morgan fingerprint density at radius 3 is 2.28 bits per heavy atom. The molecule has 6 nitrogen and oxygen atoms in total. The molecule has 4 aromatic carbocycles. The number of phenolic OH excluding ortho intramolecular Hbond substituents is 1. The number of hydrogen-bond acceptors (Lipinski definition) is 5. The van der Waals surface area contributed by atoms with E-state index in [-0.39, 0.29) is 23.0 Å². The molecular weight excluding hydrogens is 470 g/mol. The van der Waals surface area contributed by atoms with Gasteiger partial charge in [0.2, 0.25) is 5.91 Å². The molecule has 0 unspecified atom stereocenters. The molecule has 0 saturated heterocycles. The SMILES string of the molecule is O=Nc1cc(N[C@H](Cc2ccccc2)C(=O)Nc2ccccc2Br)c(O)c2ccccc12. The van der Waals surface area contributed by atoms with E-state index in [2.05, 4.69) is 31.7 Å². The largest absolute Gasteiger partial charge is 0.505 e. The second kappa shape index (κ2) is 9.62. The van der Waals surface area contributed by atoms with Gasteiger partial charge in [-0.05, 0) is 44.9 Å². The number of halogens is 1. The van der Waals surface area contributed by atoms with Gasteiger partial charge in [0.1, 0.15) is 17.5 Å². The van der Waals surface area contributed by atoms with Crippen LogP contribution in [0.2, 0.25) is 0 Å². The molecule has 7 heteroatoms. The van der Waals surface area contributed by atoms with E-state index in [4.69, 9.17) is 0 Å². The number of fused-ring (bicyclic) bond motifs is 1. The average Bonchev–Trinajstić information content (AvgIpc) is 2.82. The monoisotopic (exact) mass is 489 g/mol. The Balaban J connectivity index is 1.70. The molecule has 0 aliphatic rings. The number of anilines is 2. The third-order valence-corrected chi connectivity index (χ3v) is 5.84. The molecule has 0 fully saturated rings. The molecule has 0 saturated carbocycles. The first-order chi connectivity index (χ1) is 15.6. The van der Waals surface area contributed by atoms with Gasteiger partial charge in [0, 0.05) is 21.7 Å². The molecule has 160 valence electrons. The summed E-state index contributed by atoms with van der Waals surface area (Å²) in [6.07, 6.45) is 0.368. The summed E-state index contributed by atoms with van der Waals surface area (Å²) in [6, 6.07) is 24.6. The van der Waals surface area contributed by atoms with Gasteiger partial charge in [-0.15, -0.1) is 4.91 Å². The summed E-state index contributed by atoms with van der Waals surface area (Å²) in [5.74, 6) is -0.325. The Hall–Kier alpha value is -3.71. The van der Waals surface area contributed by atoms with Gasteiger partial charge in [0.25, 0.3) is 0 Å². The average molecular weight is 490 g/mol. The zero-order valence-corrected chi connectivity index (χ0v) is 18.5. The van der Waals surface area contributed by atoms with E-state index < -0.39 is 6.04 Å². The number of para-hydroxylation sites is 1. The van der Waals surface area contributed by atoms with Crippen LogP contribution in [-0.4, -0.2) is 17.1 Å². The first-order valence-corrected chi connectivity index (χ1v) is 10.8. The van der Waals surface area contributed by atoms with Gasteiger partial charge in [-0.3, -0.25) is 4.79 Å². The molecule has 1 amide bonds. The highest BCUT2D eigenvalue weighted by atomic mass is 79.9. The summed E-state index contributed by atoms with van der Waals surface area (Å²) in [5.41, 5.74) is 2.03. The summed E-state index contributed by atoms with van der Waals surface area (Å²) in [4.78, 5) is 24.7. The fraction of sp³-hybridized carbons (Fsp3) is 0.0800. The molecule has 0 heterocycles. The van der Waals surface area contributed by atoms with Gasteiger partial charge in [0.05, 0.1) is 11.4 Å². The predicted octanol–water partition coefficient (Wildman–Crippen LogP) is 6.37. The minimum Gasteiger partial charge on any atom is -0.505 e. The van der Waals surface area contributed by atoms with Crippen LogP contribution in [0, 0.1) is 4.91 Å². The number of benzene rings is 4. The lowest BCUT2D eigenvalue weighted by Gasteiger charge is -2.21. The van der Waals surface area contributed by atoms with Gasteiger partial charge in [-0.25, -0.2) is 0 Å². The summed E-state index contributed by atoms with van der Waals surface area (Å²) >= 11 is 3.44. The van der Waals surface area contributed by atoms with Crippen molar-refractivity contribution in [1.82, 2.24) is 0 Å². The maximum atomic E-state index is 13.2. The molecule has 3 N–H and O–H groups in total. The molecule has 4 aromatic rings. The second-order valence-corrected chi connectivity index (χ2v) is 8.14. The van der Waals surface area contributed by atoms with E-state index in [0.717, 1.165) is 10.0 Å². The zero-order chi connectivity index (χ0) is 22.5. The molecule has 0 radical (unpaired) electrons. The van der Waals surface area contributed by atoms with Crippen molar-refractivity contribution in [3.8, 4) is 5.75 Å². The standard InChI is InChI=1S/C25H20BrN3O3/c26-19-12-6-7-13-20(19)28-25(31)23(14-16-8-2-1-3-9-16)27-22-15-21(29-32)17-10-4-5-11-18(17)24(22)30/h1-13,15,23,27,30H,14H2,(H,28,31)/t23-/m1/s1. The summed E-state index contributed by atoms with van der Waals surface area (Å²) in [7, 11) is 0. The molecule has 32 heavy (non-hydrogen) atoms. The molecule has 0 aromatic heterocycles. The molecule has 4 rings (SSSR count). The molecule has 0 spiro atoms. The van der Waals surface area contributed by atoms with Crippen LogP contribution in [0.3, 0.4) is 0 Å². The number of amides is 1. The summed E-state index contributed by atoms with van der Waals surface area (Å²) in [6.45, 7) is 0. The number of carbonyl (C=O) groups excluding carboxylic acids is 1. The van der Waals surface area contributed by atoms with Crippen molar-refractivity contribution in [1.29, 1.82) is 0 Å². The van der Waals surface area contributed by atoms with Gasteiger partial charge in [0.15, 0.2) is 0 Å². The van der Waals surface area contributed by atoms with Crippen molar-refractivity contribution in [2.24, 2.45) is 5.18 Å². The lowest BCUT2D eigenvalue weighted by atomic mass is 10.0. The fourth-order valence-electron chi connectivity index (χ4n) is 3.56. The van der Waals surface area contributed by atoms with Crippen LogP contribution in [-0.2, 0) is 11.2 Å². The van der Waals surface area contributed by atoms with Gasteiger partial charge >= 0.3 is 0 Å². The molecule has 0 aliphatic heterocycles. The van der Waals surface area contributed by atoms with Crippen molar-refractivity contribution in [3.05, 3.63) is 99.9 Å². The Bertz CT molecular complexity index is 1280. The number of nitrogens with one attached hydrogen (secondary N) is 2. The number of carbonyl (C=O) groups is 1. The Morgan fingerprint density at radius 2 is 1.56 bits per heavy atom. The number of nitrogens with zero attached hydrogens (tertiary/aromatic N) is 1. The maximum absolute atomic E-state index is 13.2. The molecule has 0 bridgehead atoms. The number of nitroso groups, excluding NO2 is 1. The third kappa shape index (κ3) is 4.63. The van der Waals surface area contributed by atoms with Gasteiger partial charge in [-0.1, -0.05) is 66.7 Å². The van der Waals surface area contributed by atoms with E-state index in [9.17, 15) is 14.8 Å². The number of hydrogen-bond donors (Lipinski definition) is 3. The third-order valence-electron chi connectivity index (χ3n) is 5.15. The lowest BCUT2D eigenvalue weighted by Crippen LogP contribution is -2.36.